The Bertz CT molecular complexity index is 912. The highest BCUT2D eigenvalue weighted by molar-refractivity contribution is 5.68. The molecule has 1 aliphatic heterocycles. The smallest absolute Gasteiger partial charge is 0.187 e. The topological polar surface area (TPSA) is 62.5 Å². The first-order valence-corrected chi connectivity index (χ1v) is 8.60. The SMILES string of the molecule is Fc1c(C2CC2)ncnc1N1CCN(c2nccn3nccc23)CC1. The van der Waals surface area contributed by atoms with Crippen LogP contribution < -0.4 is 9.80 Å². The van der Waals surface area contributed by atoms with Crippen molar-refractivity contribution in [3.63, 3.8) is 0 Å². The van der Waals surface area contributed by atoms with Gasteiger partial charge in [0, 0.05) is 44.5 Å². The Hall–Kier alpha value is -2.77. The highest BCUT2D eigenvalue weighted by Crippen LogP contribution is 2.41. The van der Waals surface area contributed by atoms with E-state index in [0.717, 1.165) is 37.3 Å². The van der Waals surface area contributed by atoms with Crippen molar-refractivity contribution < 1.29 is 4.39 Å². The molecule has 2 fully saturated rings. The van der Waals surface area contributed by atoms with Gasteiger partial charge in [-0.1, -0.05) is 0 Å². The molecule has 25 heavy (non-hydrogen) atoms. The molecule has 3 aromatic rings. The molecule has 1 saturated heterocycles. The Labute approximate surface area is 144 Å². The second-order valence-electron chi connectivity index (χ2n) is 6.56. The maximum Gasteiger partial charge on any atom is 0.187 e. The number of piperazine rings is 1. The van der Waals surface area contributed by atoms with E-state index in [2.05, 4.69) is 25.0 Å². The van der Waals surface area contributed by atoms with E-state index in [0.29, 0.717) is 24.6 Å². The Morgan fingerprint density at radius 1 is 0.920 bits per heavy atom. The predicted molar refractivity (Wildman–Crippen MR) is 91.4 cm³/mol. The molecule has 3 aromatic heterocycles. The summed E-state index contributed by atoms with van der Waals surface area (Å²) in [6, 6.07) is 1.96. The van der Waals surface area contributed by atoms with Crippen molar-refractivity contribution in [2.45, 2.75) is 18.8 Å². The van der Waals surface area contributed by atoms with Gasteiger partial charge in [-0.15, -0.1) is 0 Å². The van der Waals surface area contributed by atoms with E-state index in [9.17, 15) is 4.39 Å². The normalized spacial score (nSPS) is 18.1. The van der Waals surface area contributed by atoms with E-state index >= 15 is 0 Å². The summed E-state index contributed by atoms with van der Waals surface area (Å²) < 4.78 is 16.6. The van der Waals surface area contributed by atoms with Gasteiger partial charge in [-0.25, -0.2) is 23.9 Å². The monoisotopic (exact) mass is 339 g/mol. The lowest BCUT2D eigenvalue weighted by Crippen LogP contribution is -2.47. The van der Waals surface area contributed by atoms with Crippen LogP contribution >= 0.6 is 0 Å². The van der Waals surface area contributed by atoms with Crippen molar-refractivity contribution in [1.29, 1.82) is 0 Å². The minimum atomic E-state index is -0.241. The van der Waals surface area contributed by atoms with Crippen molar-refractivity contribution in [2.75, 3.05) is 36.0 Å². The Kier molecular flexibility index (Phi) is 3.29. The van der Waals surface area contributed by atoms with Crippen LogP contribution in [0.5, 0.6) is 0 Å². The van der Waals surface area contributed by atoms with Crippen molar-refractivity contribution in [3.05, 3.63) is 42.5 Å². The third kappa shape index (κ3) is 2.48. The van der Waals surface area contributed by atoms with Gasteiger partial charge in [-0.05, 0) is 18.9 Å². The van der Waals surface area contributed by atoms with Gasteiger partial charge in [-0.3, -0.25) is 0 Å². The van der Waals surface area contributed by atoms with Crippen LogP contribution in [0.4, 0.5) is 16.0 Å². The fourth-order valence-electron chi connectivity index (χ4n) is 3.45. The zero-order valence-corrected chi connectivity index (χ0v) is 13.7. The Balaban J connectivity index is 1.36. The molecule has 8 heteroatoms. The molecule has 0 bridgehead atoms. The molecule has 0 radical (unpaired) electrons. The zero-order chi connectivity index (χ0) is 16.8. The first-order valence-electron chi connectivity index (χ1n) is 8.60. The molecule has 4 heterocycles. The molecular weight excluding hydrogens is 321 g/mol. The number of anilines is 2. The van der Waals surface area contributed by atoms with Crippen molar-refractivity contribution in [2.24, 2.45) is 0 Å². The summed E-state index contributed by atoms with van der Waals surface area (Å²) >= 11 is 0. The quantitative estimate of drug-likeness (QED) is 0.726. The lowest BCUT2D eigenvalue weighted by molar-refractivity contribution is 0.566. The van der Waals surface area contributed by atoms with Gasteiger partial charge in [0.15, 0.2) is 17.5 Å². The van der Waals surface area contributed by atoms with Gasteiger partial charge in [0.1, 0.15) is 11.8 Å². The molecular formula is C17H18FN7. The number of fused-ring (bicyclic) bond motifs is 1. The summed E-state index contributed by atoms with van der Waals surface area (Å²) in [5, 5.41) is 4.25. The van der Waals surface area contributed by atoms with Crippen LogP contribution in [0.25, 0.3) is 5.52 Å². The molecule has 0 N–H and O–H groups in total. The van der Waals surface area contributed by atoms with Gasteiger partial charge in [0.2, 0.25) is 0 Å². The van der Waals surface area contributed by atoms with E-state index in [1.807, 2.05) is 21.7 Å². The van der Waals surface area contributed by atoms with Gasteiger partial charge in [0.05, 0.1) is 11.9 Å². The van der Waals surface area contributed by atoms with Crippen LogP contribution in [0.15, 0.2) is 31.0 Å². The fraction of sp³-hybridized carbons (Fsp3) is 0.412. The summed E-state index contributed by atoms with van der Waals surface area (Å²) in [7, 11) is 0. The highest BCUT2D eigenvalue weighted by Gasteiger charge is 2.31. The fourth-order valence-corrected chi connectivity index (χ4v) is 3.45. The zero-order valence-electron chi connectivity index (χ0n) is 13.7. The minimum absolute atomic E-state index is 0.241. The van der Waals surface area contributed by atoms with Crippen LogP contribution in [-0.2, 0) is 0 Å². The van der Waals surface area contributed by atoms with Crippen LogP contribution in [0, 0.1) is 5.82 Å². The number of nitrogens with zero attached hydrogens (tertiary/aromatic N) is 7. The molecule has 0 spiro atoms. The summed E-state index contributed by atoms with van der Waals surface area (Å²) in [4.78, 5) is 17.1. The van der Waals surface area contributed by atoms with Crippen LogP contribution in [-0.4, -0.2) is 50.7 Å². The second kappa shape index (κ2) is 5.65. The first kappa shape index (κ1) is 14.6. The minimum Gasteiger partial charge on any atom is -0.351 e. The lowest BCUT2D eigenvalue weighted by Gasteiger charge is -2.36. The molecule has 0 aromatic carbocycles. The summed E-state index contributed by atoms with van der Waals surface area (Å²) in [5.74, 6) is 1.40. The maximum atomic E-state index is 14.7. The largest absolute Gasteiger partial charge is 0.351 e. The van der Waals surface area contributed by atoms with Crippen molar-refractivity contribution in [3.8, 4) is 0 Å². The van der Waals surface area contributed by atoms with E-state index in [1.54, 1.807) is 12.4 Å². The highest BCUT2D eigenvalue weighted by atomic mass is 19.1. The average molecular weight is 339 g/mol. The summed E-state index contributed by atoms with van der Waals surface area (Å²) in [5.41, 5.74) is 1.57. The number of hydrogen-bond donors (Lipinski definition) is 0. The van der Waals surface area contributed by atoms with Crippen molar-refractivity contribution >= 4 is 17.2 Å². The van der Waals surface area contributed by atoms with Gasteiger partial charge >= 0.3 is 0 Å². The number of aromatic nitrogens is 5. The number of rotatable bonds is 3. The second-order valence-corrected chi connectivity index (χ2v) is 6.56. The third-order valence-corrected chi connectivity index (χ3v) is 4.94. The van der Waals surface area contributed by atoms with E-state index in [4.69, 9.17) is 0 Å². The van der Waals surface area contributed by atoms with E-state index < -0.39 is 0 Å². The number of halogens is 1. The number of hydrogen-bond acceptors (Lipinski definition) is 6. The van der Waals surface area contributed by atoms with Crippen LogP contribution in [0.3, 0.4) is 0 Å². The molecule has 5 rings (SSSR count). The van der Waals surface area contributed by atoms with E-state index in [-0.39, 0.29) is 11.7 Å². The summed E-state index contributed by atoms with van der Waals surface area (Å²) in [6.07, 6.45) is 8.92. The van der Waals surface area contributed by atoms with Gasteiger partial charge in [-0.2, -0.15) is 5.10 Å². The molecule has 1 aliphatic carbocycles. The molecule has 2 aliphatic rings. The molecule has 0 unspecified atom stereocenters. The maximum absolute atomic E-state index is 14.7. The first-order chi connectivity index (χ1) is 12.3. The van der Waals surface area contributed by atoms with Crippen molar-refractivity contribution in [1.82, 2.24) is 24.6 Å². The third-order valence-electron chi connectivity index (χ3n) is 4.94. The Morgan fingerprint density at radius 3 is 2.44 bits per heavy atom. The molecule has 128 valence electrons. The summed E-state index contributed by atoms with van der Waals surface area (Å²) in [6.45, 7) is 2.93. The van der Waals surface area contributed by atoms with Crippen LogP contribution in [0.2, 0.25) is 0 Å². The standard InChI is InChI=1S/C17H18FN7/c18-14-15(12-1-2-12)20-11-21-17(14)24-9-7-23(8-10-24)16-13-3-4-22-25(13)6-5-19-16/h3-6,11-12H,1-2,7-10H2. The lowest BCUT2D eigenvalue weighted by atomic mass is 10.2. The molecule has 0 atom stereocenters. The molecule has 0 amide bonds. The predicted octanol–water partition coefficient (Wildman–Crippen LogP) is 1.86. The molecule has 7 nitrogen and oxygen atoms in total. The Morgan fingerprint density at radius 2 is 1.68 bits per heavy atom. The van der Waals surface area contributed by atoms with E-state index in [1.165, 1.54) is 6.33 Å². The van der Waals surface area contributed by atoms with Gasteiger partial charge < -0.3 is 9.80 Å². The van der Waals surface area contributed by atoms with Gasteiger partial charge in [0.25, 0.3) is 0 Å². The van der Waals surface area contributed by atoms with Crippen LogP contribution in [0.1, 0.15) is 24.5 Å². The molecule has 1 saturated carbocycles. The average Bonchev–Trinajstić information content (AvgIpc) is 3.38.